The highest BCUT2D eigenvalue weighted by molar-refractivity contribution is 8.00. The first-order valence-corrected chi connectivity index (χ1v) is 13.5. The summed E-state index contributed by atoms with van der Waals surface area (Å²) >= 11 is 8.29. The summed E-state index contributed by atoms with van der Waals surface area (Å²) < 4.78 is 6.08. The topological polar surface area (TPSA) is 75.7 Å². The molecule has 8 heteroatoms. The molecule has 2 heterocycles. The fourth-order valence-electron chi connectivity index (χ4n) is 4.82. The van der Waals surface area contributed by atoms with Crippen molar-refractivity contribution in [3.05, 3.63) is 108 Å². The van der Waals surface area contributed by atoms with E-state index in [2.05, 4.69) is 5.32 Å². The number of thioether (sulfide) groups is 1. The minimum atomic E-state index is -1.02. The Hall–Kier alpha value is -3.29. The number of ether oxygens (including phenoxy) is 1. The Balaban J connectivity index is 1.33. The number of halogens is 1. The van der Waals surface area contributed by atoms with Crippen molar-refractivity contribution in [2.24, 2.45) is 0 Å². The number of alkyl halides is 1. The van der Waals surface area contributed by atoms with Gasteiger partial charge in [-0.2, -0.15) is 0 Å². The number of hydrogen-bond acceptors (Lipinski definition) is 5. The summed E-state index contributed by atoms with van der Waals surface area (Å²) in [5.41, 5.74) is 2.50. The van der Waals surface area contributed by atoms with Gasteiger partial charge in [0, 0.05) is 5.75 Å². The average molecular weight is 535 g/mol. The molecule has 0 saturated carbocycles. The Morgan fingerprint density at radius 3 is 2.11 bits per heavy atom. The summed E-state index contributed by atoms with van der Waals surface area (Å²) in [5, 5.41) is 2.46. The predicted octanol–water partition coefficient (Wildman–Crippen LogP) is 4.33. The molecule has 0 bridgehead atoms. The summed E-state index contributed by atoms with van der Waals surface area (Å²) in [4.78, 5) is 40.0. The molecule has 2 saturated heterocycles. The molecule has 190 valence electrons. The molecule has 0 spiro atoms. The second-order valence-electron chi connectivity index (χ2n) is 9.47. The van der Waals surface area contributed by atoms with Crippen LogP contribution >= 0.6 is 23.4 Å². The van der Waals surface area contributed by atoms with Gasteiger partial charge in [-0.3, -0.25) is 9.59 Å². The average Bonchev–Trinajstić information content (AvgIpc) is 2.91. The molecule has 2 aliphatic rings. The van der Waals surface area contributed by atoms with Gasteiger partial charge in [-0.15, -0.1) is 23.4 Å². The van der Waals surface area contributed by atoms with E-state index in [0.29, 0.717) is 5.75 Å². The number of amides is 2. The summed E-state index contributed by atoms with van der Waals surface area (Å²) in [5.74, 6) is -0.711. The number of hydrogen-bond donors (Lipinski definition) is 1. The van der Waals surface area contributed by atoms with Crippen LogP contribution in [0.4, 0.5) is 0 Å². The summed E-state index contributed by atoms with van der Waals surface area (Å²) in [7, 11) is 0. The van der Waals surface area contributed by atoms with Crippen molar-refractivity contribution in [2.75, 3.05) is 5.75 Å². The van der Waals surface area contributed by atoms with E-state index in [1.807, 2.05) is 91.0 Å². The summed E-state index contributed by atoms with van der Waals surface area (Å²) in [6.45, 7) is 1.75. The lowest BCUT2D eigenvalue weighted by Gasteiger charge is -2.56. The highest BCUT2D eigenvalue weighted by Gasteiger charge is 2.61. The normalized spacial score (nSPS) is 24.7. The lowest BCUT2D eigenvalue weighted by atomic mass is 9.93. The molecular formula is C29H27ClN2O4S. The number of nitrogens with zero attached hydrogens (tertiary/aromatic N) is 1. The van der Waals surface area contributed by atoms with Crippen LogP contribution in [0.1, 0.15) is 29.7 Å². The van der Waals surface area contributed by atoms with Gasteiger partial charge in [-0.25, -0.2) is 4.79 Å². The van der Waals surface area contributed by atoms with E-state index in [4.69, 9.17) is 16.3 Å². The van der Waals surface area contributed by atoms with Gasteiger partial charge in [0.25, 0.3) is 0 Å². The lowest BCUT2D eigenvalue weighted by Crippen LogP contribution is -2.78. The number of esters is 1. The Kier molecular flexibility index (Phi) is 7.26. The second kappa shape index (κ2) is 10.6. The van der Waals surface area contributed by atoms with Crippen LogP contribution in [0.25, 0.3) is 0 Å². The van der Waals surface area contributed by atoms with Gasteiger partial charge in [0.2, 0.25) is 11.8 Å². The molecule has 4 atom stereocenters. The van der Waals surface area contributed by atoms with Gasteiger partial charge in [-0.05, 0) is 23.6 Å². The van der Waals surface area contributed by atoms with Crippen molar-refractivity contribution < 1.29 is 19.1 Å². The predicted molar refractivity (Wildman–Crippen MR) is 144 cm³/mol. The molecule has 2 fully saturated rings. The third-order valence-corrected chi connectivity index (χ3v) is 8.76. The zero-order valence-corrected chi connectivity index (χ0v) is 21.8. The van der Waals surface area contributed by atoms with Gasteiger partial charge in [0.15, 0.2) is 12.1 Å². The monoisotopic (exact) mass is 534 g/mol. The van der Waals surface area contributed by atoms with Crippen LogP contribution in [-0.2, 0) is 25.5 Å². The minimum Gasteiger partial charge on any atom is -0.451 e. The Labute approximate surface area is 225 Å². The molecule has 0 unspecified atom stereocenters. The molecule has 3 aromatic carbocycles. The maximum atomic E-state index is 13.7. The SMILES string of the molecule is C[C@@]1(Cl)CS[C@H]2[C@H](NC(=O)Cc3ccccc3)C(=O)N2[C@H]1C(=O)OC(c1ccccc1)c1ccccc1. The second-order valence-corrected chi connectivity index (χ2v) is 11.4. The van der Waals surface area contributed by atoms with Crippen LogP contribution in [-0.4, -0.2) is 50.8 Å². The maximum absolute atomic E-state index is 13.7. The number of carbonyl (C=O) groups is 3. The molecule has 2 aliphatic heterocycles. The first kappa shape index (κ1) is 25.4. The number of β-lactam (4-membered cyclic amide) rings is 1. The standard InChI is InChI=1S/C29H27ClN2O4S/c1-29(30)18-37-27-23(31-22(33)17-19-11-5-2-6-12-19)26(34)32(27)25(29)28(35)36-24(20-13-7-3-8-14-20)21-15-9-4-10-16-21/h2-16,23-25,27H,17-18H2,1H3,(H,31,33)/t23-,25+,27+,29-/m1/s1. The maximum Gasteiger partial charge on any atom is 0.331 e. The van der Waals surface area contributed by atoms with E-state index in [0.717, 1.165) is 16.7 Å². The molecule has 0 radical (unpaired) electrons. The minimum absolute atomic E-state index is 0.177. The van der Waals surface area contributed by atoms with Crippen molar-refractivity contribution in [3.63, 3.8) is 0 Å². The van der Waals surface area contributed by atoms with Gasteiger partial charge >= 0.3 is 5.97 Å². The lowest BCUT2D eigenvalue weighted by molar-refractivity contribution is -0.169. The van der Waals surface area contributed by atoms with Gasteiger partial charge in [0.1, 0.15) is 11.4 Å². The van der Waals surface area contributed by atoms with E-state index in [-0.39, 0.29) is 23.6 Å². The van der Waals surface area contributed by atoms with E-state index in [1.54, 1.807) is 6.92 Å². The van der Waals surface area contributed by atoms with Crippen LogP contribution in [0.15, 0.2) is 91.0 Å². The molecule has 3 aromatic rings. The first-order chi connectivity index (χ1) is 17.8. The van der Waals surface area contributed by atoms with Crippen molar-refractivity contribution in [1.82, 2.24) is 10.2 Å². The third kappa shape index (κ3) is 5.24. The summed E-state index contributed by atoms with van der Waals surface area (Å²) in [6.07, 6.45) is -0.468. The fraction of sp³-hybridized carbons (Fsp3) is 0.276. The van der Waals surface area contributed by atoms with Crippen molar-refractivity contribution >= 4 is 41.1 Å². The van der Waals surface area contributed by atoms with E-state index in [1.165, 1.54) is 16.7 Å². The Morgan fingerprint density at radius 2 is 1.54 bits per heavy atom. The number of rotatable bonds is 7. The van der Waals surface area contributed by atoms with Gasteiger partial charge in [0.05, 0.1) is 11.3 Å². The zero-order chi connectivity index (χ0) is 26.0. The number of nitrogens with one attached hydrogen (secondary N) is 1. The fourth-order valence-corrected chi connectivity index (χ4v) is 6.62. The quantitative estimate of drug-likeness (QED) is 0.277. The van der Waals surface area contributed by atoms with Crippen LogP contribution in [0.2, 0.25) is 0 Å². The number of carbonyl (C=O) groups excluding carboxylic acids is 3. The Bertz CT molecular complexity index is 1230. The van der Waals surface area contributed by atoms with Crippen LogP contribution in [0.5, 0.6) is 0 Å². The smallest absolute Gasteiger partial charge is 0.331 e. The molecule has 37 heavy (non-hydrogen) atoms. The highest BCUT2D eigenvalue weighted by Crippen LogP contribution is 2.46. The number of benzene rings is 3. The van der Waals surface area contributed by atoms with E-state index >= 15 is 0 Å². The van der Waals surface area contributed by atoms with Crippen molar-refractivity contribution in [1.29, 1.82) is 0 Å². The van der Waals surface area contributed by atoms with Crippen LogP contribution < -0.4 is 5.32 Å². The molecule has 1 N–H and O–H groups in total. The zero-order valence-electron chi connectivity index (χ0n) is 20.3. The molecule has 0 aliphatic carbocycles. The van der Waals surface area contributed by atoms with Gasteiger partial charge < -0.3 is 15.0 Å². The largest absolute Gasteiger partial charge is 0.451 e. The van der Waals surface area contributed by atoms with Gasteiger partial charge in [-0.1, -0.05) is 91.0 Å². The van der Waals surface area contributed by atoms with E-state index < -0.39 is 29.0 Å². The molecule has 5 rings (SSSR count). The molecule has 0 aromatic heterocycles. The number of fused-ring (bicyclic) bond motifs is 1. The first-order valence-electron chi connectivity index (χ1n) is 12.1. The molecule has 6 nitrogen and oxygen atoms in total. The third-order valence-electron chi connectivity index (χ3n) is 6.65. The van der Waals surface area contributed by atoms with E-state index in [9.17, 15) is 14.4 Å². The van der Waals surface area contributed by atoms with Crippen LogP contribution in [0.3, 0.4) is 0 Å². The highest BCUT2D eigenvalue weighted by atomic mass is 35.5. The molecule has 2 amide bonds. The summed E-state index contributed by atoms with van der Waals surface area (Å²) in [6, 6.07) is 26.6. The Morgan fingerprint density at radius 1 is 1.00 bits per heavy atom. The van der Waals surface area contributed by atoms with Crippen molar-refractivity contribution in [3.8, 4) is 0 Å². The molecular weight excluding hydrogens is 508 g/mol. The van der Waals surface area contributed by atoms with Crippen molar-refractivity contribution in [2.45, 2.75) is 41.8 Å². The van der Waals surface area contributed by atoms with Crippen LogP contribution in [0, 0.1) is 0 Å².